The van der Waals surface area contributed by atoms with E-state index in [0.717, 1.165) is 0 Å². The van der Waals surface area contributed by atoms with Crippen molar-refractivity contribution in [1.29, 1.82) is 0 Å². The molecule has 0 saturated carbocycles. The average molecular weight is 215 g/mol. The van der Waals surface area contributed by atoms with E-state index >= 15 is 0 Å². The summed E-state index contributed by atoms with van der Waals surface area (Å²) in [4.78, 5) is 33.1. The van der Waals surface area contributed by atoms with Gasteiger partial charge in [-0.15, -0.1) is 0 Å². The molecule has 1 atom stereocenters. The van der Waals surface area contributed by atoms with Gasteiger partial charge in [0.1, 0.15) is 5.60 Å². The minimum atomic E-state index is -1.51. The molecule has 0 aliphatic heterocycles. The van der Waals surface area contributed by atoms with Crippen LogP contribution in [0.3, 0.4) is 0 Å². The lowest BCUT2D eigenvalue weighted by atomic mass is 10.0. The van der Waals surface area contributed by atoms with Crippen molar-refractivity contribution in [1.82, 2.24) is 5.32 Å². The fourth-order valence-electron chi connectivity index (χ4n) is 0.716. The molecule has 5 heteroatoms. The maximum absolute atomic E-state index is 11.3. The number of hydrogen-bond donors (Lipinski definition) is 1. The molecule has 0 bridgehead atoms. The van der Waals surface area contributed by atoms with Gasteiger partial charge in [-0.1, -0.05) is 0 Å². The molecule has 5 nitrogen and oxygen atoms in total. The molecule has 0 aliphatic carbocycles. The van der Waals surface area contributed by atoms with Crippen molar-refractivity contribution in [2.24, 2.45) is 0 Å². The zero-order valence-corrected chi connectivity index (χ0v) is 9.71. The second kappa shape index (κ2) is 4.42. The molecule has 0 spiro atoms. The van der Waals surface area contributed by atoms with E-state index in [-0.39, 0.29) is 0 Å². The van der Waals surface area contributed by atoms with E-state index < -0.39 is 23.0 Å². The van der Waals surface area contributed by atoms with Gasteiger partial charge in [0.2, 0.25) is 0 Å². The Balaban J connectivity index is 4.52. The number of nitrogens with one attached hydrogen (secondary N) is 1. The molecule has 0 heterocycles. The van der Waals surface area contributed by atoms with E-state index in [1.165, 1.54) is 13.8 Å². The first-order valence-electron chi connectivity index (χ1n) is 4.59. The maximum atomic E-state index is 11.3. The van der Waals surface area contributed by atoms with Crippen molar-refractivity contribution >= 4 is 18.2 Å². The summed E-state index contributed by atoms with van der Waals surface area (Å²) in [5, 5.41) is 2.22. The summed E-state index contributed by atoms with van der Waals surface area (Å²) < 4.78 is 4.92. The zero-order valence-electron chi connectivity index (χ0n) is 9.71. The van der Waals surface area contributed by atoms with Crippen molar-refractivity contribution in [3.63, 3.8) is 0 Å². The molecule has 0 saturated heterocycles. The third kappa shape index (κ3) is 4.58. The van der Waals surface area contributed by atoms with Gasteiger partial charge >= 0.3 is 6.09 Å². The highest BCUT2D eigenvalue weighted by Crippen LogP contribution is 2.09. The molecular formula is C10H17NO4. The van der Waals surface area contributed by atoms with Gasteiger partial charge in [-0.05, 0) is 34.6 Å². The maximum Gasteiger partial charge on any atom is 0.408 e. The van der Waals surface area contributed by atoms with E-state index in [1.54, 1.807) is 20.8 Å². The van der Waals surface area contributed by atoms with Crippen LogP contribution in [0.4, 0.5) is 4.79 Å². The number of carbonyl (C=O) groups is 3. The predicted molar refractivity (Wildman–Crippen MR) is 54.5 cm³/mol. The Morgan fingerprint density at radius 1 is 1.20 bits per heavy atom. The Morgan fingerprint density at radius 2 is 1.67 bits per heavy atom. The van der Waals surface area contributed by atoms with Crippen LogP contribution < -0.4 is 5.32 Å². The number of Topliss-reactive ketones (excluding diaryl/α,β-unsaturated/α-hetero) is 1. The molecule has 0 aromatic heterocycles. The van der Waals surface area contributed by atoms with Gasteiger partial charge in [-0.2, -0.15) is 0 Å². The number of hydrogen-bond acceptors (Lipinski definition) is 4. The Labute approximate surface area is 89.2 Å². The molecule has 0 radical (unpaired) electrons. The van der Waals surface area contributed by atoms with Gasteiger partial charge in [0.05, 0.1) is 0 Å². The van der Waals surface area contributed by atoms with E-state index in [2.05, 4.69) is 5.32 Å². The number of alkyl carbamates (subject to hydrolysis) is 1. The predicted octanol–water partition coefficient (Wildman–Crippen LogP) is 1.06. The Morgan fingerprint density at radius 3 is 1.93 bits per heavy atom. The van der Waals surface area contributed by atoms with Crippen LogP contribution in [0.25, 0.3) is 0 Å². The van der Waals surface area contributed by atoms with Crippen LogP contribution in [0.15, 0.2) is 0 Å². The zero-order chi connectivity index (χ0) is 12.3. The first-order valence-corrected chi connectivity index (χ1v) is 4.59. The molecule has 0 fully saturated rings. The summed E-state index contributed by atoms with van der Waals surface area (Å²) >= 11 is 0. The quantitative estimate of drug-likeness (QED) is 0.564. The number of amides is 1. The number of ketones is 1. The minimum absolute atomic E-state index is 0.388. The molecule has 1 N–H and O–H groups in total. The van der Waals surface area contributed by atoms with Gasteiger partial charge in [-0.3, -0.25) is 4.79 Å². The number of carbonyl (C=O) groups excluding carboxylic acids is 3. The lowest BCUT2D eigenvalue weighted by Crippen LogP contribution is -2.53. The van der Waals surface area contributed by atoms with Crippen LogP contribution >= 0.6 is 0 Å². The highest BCUT2D eigenvalue weighted by molar-refractivity contribution is 6.03. The van der Waals surface area contributed by atoms with E-state index in [4.69, 9.17) is 4.74 Å². The summed E-state index contributed by atoms with van der Waals surface area (Å²) in [5.74, 6) is -0.441. The van der Waals surface area contributed by atoms with Crippen LogP contribution in [0, 0.1) is 0 Å². The first-order chi connectivity index (χ1) is 6.60. The molecule has 86 valence electrons. The van der Waals surface area contributed by atoms with Gasteiger partial charge in [0.15, 0.2) is 17.6 Å². The van der Waals surface area contributed by atoms with Crippen molar-refractivity contribution in [3.05, 3.63) is 0 Å². The normalized spacial score (nSPS) is 15.0. The average Bonchev–Trinajstić information content (AvgIpc) is 1.99. The summed E-state index contributed by atoms with van der Waals surface area (Å²) in [5.41, 5.74) is -2.17. The van der Waals surface area contributed by atoms with Crippen molar-refractivity contribution in [2.45, 2.75) is 45.8 Å². The molecule has 0 aromatic rings. The van der Waals surface area contributed by atoms with Crippen LogP contribution in [-0.2, 0) is 14.3 Å². The fourth-order valence-corrected chi connectivity index (χ4v) is 0.716. The third-order valence-electron chi connectivity index (χ3n) is 1.73. The second-order valence-corrected chi connectivity index (χ2v) is 4.50. The number of rotatable bonds is 3. The molecule has 0 aromatic carbocycles. The molecule has 1 amide bonds. The summed E-state index contributed by atoms with van der Waals surface area (Å²) in [6.07, 6.45) is -0.397. The van der Waals surface area contributed by atoms with Crippen molar-refractivity contribution in [3.8, 4) is 0 Å². The summed E-state index contributed by atoms with van der Waals surface area (Å²) in [6, 6.07) is 0. The van der Waals surface area contributed by atoms with Gasteiger partial charge < -0.3 is 14.8 Å². The van der Waals surface area contributed by atoms with Crippen LogP contribution in [0.1, 0.15) is 34.6 Å². The van der Waals surface area contributed by atoms with Crippen LogP contribution in [0.2, 0.25) is 0 Å². The van der Waals surface area contributed by atoms with Gasteiger partial charge in [-0.25, -0.2) is 4.79 Å². The molecule has 0 rings (SSSR count). The highest BCUT2D eigenvalue weighted by atomic mass is 16.6. The standard InChI is InChI=1S/C10H17NO4/c1-7(13)10(5,6-12)11-8(14)15-9(2,3)4/h6H,1-5H3,(H,11,14). The minimum Gasteiger partial charge on any atom is -0.444 e. The molecule has 1 unspecified atom stereocenters. The second-order valence-electron chi connectivity index (χ2n) is 4.50. The lowest BCUT2D eigenvalue weighted by molar-refractivity contribution is -0.128. The Kier molecular flexibility index (Phi) is 4.01. The number of ether oxygens (including phenoxy) is 1. The highest BCUT2D eigenvalue weighted by Gasteiger charge is 2.32. The topological polar surface area (TPSA) is 72.5 Å². The first kappa shape index (κ1) is 13.6. The monoisotopic (exact) mass is 215 g/mol. The summed E-state index contributed by atoms with van der Waals surface area (Å²) in [7, 11) is 0. The molecular weight excluding hydrogens is 198 g/mol. The van der Waals surface area contributed by atoms with Crippen molar-refractivity contribution < 1.29 is 19.1 Å². The van der Waals surface area contributed by atoms with Crippen LogP contribution in [0.5, 0.6) is 0 Å². The number of aldehydes is 1. The smallest absolute Gasteiger partial charge is 0.408 e. The molecule has 0 aliphatic rings. The van der Waals surface area contributed by atoms with Gasteiger partial charge in [0.25, 0.3) is 0 Å². The van der Waals surface area contributed by atoms with Gasteiger partial charge in [0, 0.05) is 0 Å². The SMILES string of the molecule is CC(=O)C(C)(C=O)NC(=O)OC(C)(C)C. The van der Waals surface area contributed by atoms with E-state index in [0.29, 0.717) is 6.29 Å². The fraction of sp³-hybridized carbons (Fsp3) is 0.700. The third-order valence-corrected chi connectivity index (χ3v) is 1.73. The summed E-state index contributed by atoms with van der Waals surface area (Å²) in [6.45, 7) is 7.63. The van der Waals surface area contributed by atoms with Crippen LogP contribution in [-0.4, -0.2) is 29.3 Å². The lowest BCUT2D eigenvalue weighted by Gasteiger charge is -2.25. The van der Waals surface area contributed by atoms with E-state index in [9.17, 15) is 14.4 Å². The Bertz CT molecular complexity index is 280. The van der Waals surface area contributed by atoms with Crippen molar-refractivity contribution in [2.75, 3.05) is 0 Å². The molecule has 15 heavy (non-hydrogen) atoms. The largest absolute Gasteiger partial charge is 0.444 e. The Hall–Kier alpha value is -1.39. The van der Waals surface area contributed by atoms with E-state index in [1.807, 2.05) is 0 Å².